The van der Waals surface area contributed by atoms with E-state index in [1.165, 1.54) is 12.1 Å². The zero-order valence-electron chi connectivity index (χ0n) is 15.5. The van der Waals surface area contributed by atoms with E-state index in [0.29, 0.717) is 12.4 Å². The summed E-state index contributed by atoms with van der Waals surface area (Å²) in [4.78, 5) is 48.4. The fraction of sp³-hybridized carbons (Fsp3) is 0.100. The number of ether oxygens (including phenoxy) is 1. The summed E-state index contributed by atoms with van der Waals surface area (Å²) in [7, 11) is 0. The van der Waals surface area contributed by atoms with E-state index in [2.05, 4.69) is 0 Å². The lowest BCUT2D eigenvalue weighted by molar-refractivity contribution is -0.385. The quantitative estimate of drug-likeness (QED) is 0.356. The van der Waals surface area contributed by atoms with Crippen LogP contribution in [0.1, 0.15) is 27.6 Å². The third-order valence-corrected chi connectivity index (χ3v) is 4.71. The van der Waals surface area contributed by atoms with Gasteiger partial charge in [0, 0.05) is 29.7 Å². The number of rotatable bonds is 5. The average Bonchev–Trinajstić information content (AvgIpc) is 2.72. The van der Waals surface area contributed by atoms with Gasteiger partial charge in [-0.15, -0.1) is 0 Å². The van der Waals surface area contributed by atoms with Crippen LogP contribution in [0.25, 0.3) is 10.8 Å². The van der Waals surface area contributed by atoms with Crippen LogP contribution in [-0.2, 0) is 0 Å². The summed E-state index contributed by atoms with van der Waals surface area (Å²) in [5, 5.41) is 22.9. The SMILES string of the molecule is CCOc1ccc(N2C(=O)c3cc([N+](=O)[O-])cc4cc([N+](=O)[O-])cc(c34)C2=O)cc1. The number of nitro benzene ring substituents is 2. The van der Waals surface area contributed by atoms with E-state index in [1.54, 1.807) is 12.1 Å². The van der Waals surface area contributed by atoms with E-state index in [4.69, 9.17) is 4.74 Å². The molecule has 0 saturated heterocycles. The van der Waals surface area contributed by atoms with Crippen LogP contribution in [0.15, 0.2) is 48.5 Å². The van der Waals surface area contributed by atoms with Crippen LogP contribution < -0.4 is 9.64 Å². The van der Waals surface area contributed by atoms with Crippen LogP contribution in [0, 0.1) is 20.2 Å². The normalized spacial score (nSPS) is 12.9. The summed E-state index contributed by atoms with van der Waals surface area (Å²) < 4.78 is 5.35. The van der Waals surface area contributed by atoms with E-state index in [-0.39, 0.29) is 27.6 Å². The molecule has 0 bridgehead atoms. The van der Waals surface area contributed by atoms with E-state index >= 15 is 0 Å². The summed E-state index contributed by atoms with van der Waals surface area (Å²) in [6, 6.07) is 10.5. The van der Waals surface area contributed by atoms with Crippen molar-refractivity contribution in [1.29, 1.82) is 0 Å². The van der Waals surface area contributed by atoms with E-state index in [9.17, 15) is 29.8 Å². The first-order valence-electron chi connectivity index (χ1n) is 8.84. The Morgan fingerprint density at radius 2 is 1.37 bits per heavy atom. The number of benzene rings is 3. The molecule has 0 aromatic heterocycles. The standard InChI is InChI=1S/C20H13N3O7/c1-2-30-15-5-3-12(4-6-15)21-19(24)16-9-13(22(26)27)7-11-8-14(23(28)29)10-17(18(11)16)20(21)25/h3-10H,2H2,1H3. The van der Waals surface area contributed by atoms with Gasteiger partial charge in [-0.1, -0.05) is 0 Å². The molecule has 1 heterocycles. The van der Waals surface area contributed by atoms with Crippen LogP contribution in [0.2, 0.25) is 0 Å². The van der Waals surface area contributed by atoms with Gasteiger partial charge in [-0.2, -0.15) is 0 Å². The van der Waals surface area contributed by atoms with Crippen molar-refractivity contribution in [1.82, 2.24) is 0 Å². The van der Waals surface area contributed by atoms with Gasteiger partial charge in [-0.05, 0) is 36.6 Å². The average molecular weight is 407 g/mol. The summed E-state index contributed by atoms with van der Waals surface area (Å²) in [5.41, 5.74) is -0.739. The van der Waals surface area contributed by atoms with E-state index < -0.39 is 33.0 Å². The first-order chi connectivity index (χ1) is 14.3. The highest BCUT2D eigenvalue weighted by Crippen LogP contribution is 2.38. The molecule has 10 nitrogen and oxygen atoms in total. The molecular weight excluding hydrogens is 394 g/mol. The fourth-order valence-electron chi connectivity index (χ4n) is 3.46. The van der Waals surface area contributed by atoms with Crippen LogP contribution in [-0.4, -0.2) is 28.3 Å². The molecule has 0 fully saturated rings. The second-order valence-corrected chi connectivity index (χ2v) is 6.47. The number of hydrogen-bond donors (Lipinski definition) is 0. The molecule has 0 radical (unpaired) electrons. The Morgan fingerprint density at radius 3 is 1.80 bits per heavy atom. The van der Waals surface area contributed by atoms with Crippen molar-refractivity contribution in [3.05, 3.63) is 79.9 Å². The molecule has 0 N–H and O–H groups in total. The van der Waals surface area contributed by atoms with Crippen molar-refractivity contribution in [2.75, 3.05) is 11.5 Å². The van der Waals surface area contributed by atoms with E-state index in [1.807, 2.05) is 6.92 Å². The molecule has 0 saturated carbocycles. The third kappa shape index (κ3) is 2.91. The topological polar surface area (TPSA) is 133 Å². The molecule has 10 heteroatoms. The number of nitro groups is 2. The van der Waals surface area contributed by atoms with E-state index in [0.717, 1.165) is 29.2 Å². The molecule has 3 aromatic carbocycles. The molecule has 0 unspecified atom stereocenters. The highest BCUT2D eigenvalue weighted by Gasteiger charge is 2.36. The Balaban J connectivity index is 1.96. The number of imide groups is 1. The lowest BCUT2D eigenvalue weighted by Crippen LogP contribution is -2.40. The summed E-state index contributed by atoms with van der Waals surface area (Å²) >= 11 is 0. The fourth-order valence-corrected chi connectivity index (χ4v) is 3.46. The molecule has 3 aromatic rings. The van der Waals surface area contributed by atoms with Crippen molar-refractivity contribution >= 4 is 39.6 Å². The molecule has 0 atom stereocenters. The molecule has 30 heavy (non-hydrogen) atoms. The van der Waals surface area contributed by atoms with Gasteiger partial charge in [-0.3, -0.25) is 29.8 Å². The van der Waals surface area contributed by atoms with Crippen LogP contribution in [0.4, 0.5) is 17.1 Å². The molecule has 0 aliphatic carbocycles. The summed E-state index contributed by atoms with van der Waals surface area (Å²) in [5.74, 6) is -0.967. The number of non-ortho nitro benzene ring substituents is 2. The maximum absolute atomic E-state index is 13.1. The molecule has 1 aliphatic heterocycles. The van der Waals surface area contributed by atoms with Crippen LogP contribution in [0.5, 0.6) is 5.75 Å². The van der Waals surface area contributed by atoms with Gasteiger partial charge < -0.3 is 4.74 Å². The Hall–Kier alpha value is -4.34. The van der Waals surface area contributed by atoms with Crippen LogP contribution in [0.3, 0.4) is 0 Å². The lowest BCUT2D eigenvalue weighted by atomic mass is 9.92. The highest BCUT2D eigenvalue weighted by molar-refractivity contribution is 6.36. The molecule has 0 spiro atoms. The summed E-state index contributed by atoms with van der Waals surface area (Å²) in [6.07, 6.45) is 0. The van der Waals surface area contributed by atoms with Gasteiger partial charge in [0.15, 0.2) is 0 Å². The van der Waals surface area contributed by atoms with Gasteiger partial charge in [-0.25, -0.2) is 4.90 Å². The molecule has 2 amide bonds. The van der Waals surface area contributed by atoms with Gasteiger partial charge in [0.1, 0.15) is 5.75 Å². The van der Waals surface area contributed by atoms with Gasteiger partial charge >= 0.3 is 0 Å². The van der Waals surface area contributed by atoms with Gasteiger partial charge in [0.05, 0.1) is 33.3 Å². The Labute approximate surface area is 168 Å². The van der Waals surface area contributed by atoms with Crippen molar-refractivity contribution in [2.45, 2.75) is 6.92 Å². The molecular formula is C20H13N3O7. The van der Waals surface area contributed by atoms with Crippen LogP contribution >= 0.6 is 0 Å². The highest BCUT2D eigenvalue weighted by atomic mass is 16.6. The zero-order valence-corrected chi connectivity index (χ0v) is 15.5. The number of nitrogens with zero attached hydrogens (tertiary/aromatic N) is 3. The monoisotopic (exact) mass is 407 g/mol. The smallest absolute Gasteiger partial charge is 0.270 e. The number of anilines is 1. The Bertz CT molecular complexity index is 1180. The minimum absolute atomic E-state index is 0.0717. The number of carbonyl (C=O) groups excluding carboxylic acids is 2. The largest absolute Gasteiger partial charge is 0.494 e. The summed E-state index contributed by atoms with van der Waals surface area (Å²) in [6.45, 7) is 2.24. The van der Waals surface area contributed by atoms with Crippen molar-refractivity contribution in [3.63, 3.8) is 0 Å². The van der Waals surface area contributed by atoms with Crippen molar-refractivity contribution < 1.29 is 24.2 Å². The van der Waals surface area contributed by atoms with Gasteiger partial charge in [0.2, 0.25) is 0 Å². The lowest BCUT2D eigenvalue weighted by Gasteiger charge is -2.27. The van der Waals surface area contributed by atoms with Gasteiger partial charge in [0.25, 0.3) is 23.2 Å². The van der Waals surface area contributed by atoms with Crippen molar-refractivity contribution in [3.8, 4) is 5.75 Å². The van der Waals surface area contributed by atoms with Crippen molar-refractivity contribution in [2.24, 2.45) is 0 Å². The molecule has 4 rings (SSSR count). The maximum atomic E-state index is 13.1. The second kappa shape index (κ2) is 6.92. The minimum atomic E-state index is -0.751. The number of amides is 2. The number of carbonyl (C=O) groups is 2. The Kier molecular flexibility index (Phi) is 4.38. The second-order valence-electron chi connectivity index (χ2n) is 6.47. The first kappa shape index (κ1) is 19.0. The first-order valence-corrected chi connectivity index (χ1v) is 8.84. The molecule has 150 valence electrons. The predicted molar refractivity (Wildman–Crippen MR) is 106 cm³/mol. The Morgan fingerprint density at radius 1 is 0.867 bits per heavy atom. The minimum Gasteiger partial charge on any atom is -0.494 e. The number of hydrogen-bond acceptors (Lipinski definition) is 7. The third-order valence-electron chi connectivity index (χ3n) is 4.71. The maximum Gasteiger partial charge on any atom is 0.270 e. The zero-order chi connectivity index (χ0) is 21.6. The predicted octanol–water partition coefficient (Wildman–Crippen LogP) is 3.86. The molecule has 1 aliphatic rings.